The minimum absolute atomic E-state index is 0. The third kappa shape index (κ3) is 6.60. The molecule has 2 saturated carbocycles. The zero-order chi connectivity index (χ0) is 15.4. The Labute approximate surface area is 147 Å². The summed E-state index contributed by atoms with van der Waals surface area (Å²) in [5, 5.41) is 6.95. The highest BCUT2D eigenvalue weighted by Gasteiger charge is 2.25. The summed E-state index contributed by atoms with van der Waals surface area (Å²) in [6.45, 7) is 6.26. The van der Waals surface area contributed by atoms with Gasteiger partial charge < -0.3 is 10.6 Å². The molecule has 1 aliphatic heterocycles. The topological polar surface area (TPSA) is 44.4 Å². The number of hydrogen-bond acceptors (Lipinski definition) is 3. The van der Waals surface area contributed by atoms with Crippen LogP contribution in [0.25, 0.3) is 0 Å². The summed E-state index contributed by atoms with van der Waals surface area (Å²) in [5.74, 6) is 2.04. The van der Waals surface area contributed by atoms with Gasteiger partial charge in [-0.2, -0.15) is 0 Å². The largest absolute Gasteiger partial charge is 0.352 e. The van der Waals surface area contributed by atoms with Crippen LogP contribution in [-0.2, 0) is 4.79 Å². The molecule has 4 nitrogen and oxygen atoms in total. The fourth-order valence-corrected chi connectivity index (χ4v) is 3.83. The zero-order valence-electron chi connectivity index (χ0n) is 14.6. The lowest BCUT2D eigenvalue weighted by atomic mass is 9.87. The van der Waals surface area contributed by atoms with Crippen LogP contribution in [-0.4, -0.2) is 49.1 Å². The van der Waals surface area contributed by atoms with Gasteiger partial charge in [-0.15, -0.1) is 12.4 Å². The molecule has 23 heavy (non-hydrogen) atoms. The fourth-order valence-electron chi connectivity index (χ4n) is 3.83. The molecule has 0 aromatic carbocycles. The highest BCUT2D eigenvalue weighted by molar-refractivity contribution is 5.85. The summed E-state index contributed by atoms with van der Waals surface area (Å²) < 4.78 is 0. The minimum atomic E-state index is 0. The van der Waals surface area contributed by atoms with E-state index < -0.39 is 0 Å². The Morgan fingerprint density at radius 3 is 2.22 bits per heavy atom. The van der Waals surface area contributed by atoms with Crippen LogP contribution in [0, 0.1) is 11.8 Å². The Morgan fingerprint density at radius 1 is 0.957 bits per heavy atom. The fraction of sp³-hybridized carbons (Fsp3) is 0.944. The van der Waals surface area contributed by atoms with Gasteiger partial charge in [-0.25, -0.2) is 0 Å². The number of likely N-dealkylation sites (tertiary alicyclic amines) is 1. The minimum Gasteiger partial charge on any atom is -0.352 e. The zero-order valence-corrected chi connectivity index (χ0v) is 15.4. The highest BCUT2D eigenvalue weighted by atomic mass is 35.5. The van der Waals surface area contributed by atoms with E-state index in [1.807, 2.05) is 0 Å². The number of rotatable bonds is 6. The number of amides is 1. The van der Waals surface area contributed by atoms with Crippen LogP contribution in [0.2, 0.25) is 0 Å². The van der Waals surface area contributed by atoms with Crippen LogP contribution in [0.4, 0.5) is 0 Å². The molecule has 0 atom stereocenters. The maximum Gasteiger partial charge on any atom is 0.234 e. The van der Waals surface area contributed by atoms with Gasteiger partial charge in [0.15, 0.2) is 0 Å². The van der Waals surface area contributed by atoms with Crippen molar-refractivity contribution in [3.05, 3.63) is 0 Å². The second kappa shape index (κ2) is 9.24. The molecule has 0 aromatic rings. The van der Waals surface area contributed by atoms with Crippen molar-refractivity contribution in [2.24, 2.45) is 11.8 Å². The van der Waals surface area contributed by atoms with Crippen molar-refractivity contribution in [3.8, 4) is 0 Å². The third-order valence-corrected chi connectivity index (χ3v) is 5.73. The average Bonchev–Trinajstić information content (AvgIpc) is 3.33. The van der Waals surface area contributed by atoms with Crippen molar-refractivity contribution in [2.75, 3.05) is 26.2 Å². The van der Waals surface area contributed by atoms with E-state index >= 15 is 0 Å². The summed E-state index contributed by atoms with van der Waals surface area (Å²) in [4.78, 5) is 14.5. The molecule has 3 fully saturated rings. The Kier molecular flexibility index (Phi) is 7.64. The van der Waals surface area contributed by atoms with E-state index in [1.165, 1.54) is 57.9 Å². The van der Waals surface area contributed by atoms with Gasteiger partial charge in [0.25, 0.3) is 0 Å². The maximum absolute atomic E-state index is 12.2. The molecular formula is C18H34ClN3O. The Hall–Kier alpha value is -0.320. The van der Waals surface area contributed by atoms with E-state index in [1.54, 1.807) is 0 Å². The third-order valence-electron chi connectivity index (χ3n) is 5.73. The SMILES string of the molecule is CC1CCC(NC(=O)CN2CCC(NCC3CC3)CC2)CC1.Cl. The lowest BCUT2D eigenvalue weighted by molar-refractivity contribution is -0.123. The quantitative estimate of drug-likeness (QED) is 0.779. The summed E-state index contributed by atoms with van der Waals surface area (Å²) in [6, 6.07) is 1.11. The smallest absolute Gasteiger partial charge is 0.234 e. The molecule has 2 aliphatic carbocycles. The van der Waals surface area contributed by atoms with Gasteiger partial charge in [0.2, 0.25) is 5.91 Å². The lowest BCUT2D eigenvalue weighted by Crippen LogP contribution is -2.48. The molecule has 5 heteroatoms. The van der Waals surface area contributed by atoms with E-state index in [-0.39, 0.29) is 18.3 Å². The monoisotopic (exact) mass is 343 g/mol. The van der Waals surface area contributed by atoms with Crippen molar-refractivity contribution in [2.45, 2.75) is 70.4 Å². The first-order chi connectivity index (χ1) is 10.7. The molecule has 3 rings (SSSR count). The van der Waals surface area contributed by atoms with Crippen molar-refractivity contribution < 1.29 is 4.79 Å². The van der Waals surface area contributed by atoms with Gasteiger partial charge in [-0.1, -0.05) is 6.92 Å². The number of halogens is 1. The van der Waals surface area contributed by atoms with Gasteiger partial charge in [0.05, 0.1) is 6.54 Å². The molecule has 0 radical (unpaired) electrons. The summed E-state index contributed by atoms with van der Waals surface area (Å²) in [6.07, 6.45) is 10.1. The van der Waals surface area contributed by atoms with E-state index in [2.05, 4.69) is 22.5 Å². The van der Waals surface area contributed by atoms with Crippen molar-refractivity contribution >= 4 is 18.3 Å². The number of carbonyl (C=O) groups is 1. The van der Waals surface area contributed by atoms with E-state index in [0.717, 1.165) is 24.9 Å². The Balaban J connectivity index is 0.00000192. The van der Waals surface area contributed by atoms with E-state index in [9.17, 15) is 4.79 Å². The number of nitrogens with zero attached hydrogens (tertiary/aromatic N) is 1. The van der Waals surface area contributed by atoms with Crippen LogP contribution in [0.3, 0.4) is 0 Å². The van der Waals surface area contributed by atoms with Crippen molar-refractivity contribution in [1.82, 2.24) is 15.5 Å². The Morgan fingerprint density at radius 2 is 1.61 bits per heavy atom. The molecule has 0 spiro atoms. The molecule has 134 valence electrons. The van der Waals surface area contributed by atoms with Crippen LogP contribution in [0.1, 0.15) is 58.3 Å². The lowest BCUT2D eigenvalue weighted by Gasteiger charge is -2.33. The summed E-state index contributed by atoms with van der Waals surface area (Å²) in [7, 11) is 0. The maximum atomic E-state index is 12.2. The second-order valence-corrected chi connectivity index (χ2v) is 7.93. The molecular weight excluding hydrogens is 310 g/mol. The normalized spacial score (nSPS) is 29.8. The van der Waals surface area contributed by atoms with Crippen LogP contribution >= 0.6 is 12.4 Å². The second-order valence-electron chi connectivity index (χ2n) is 7.93. The highest BCUT2D eigenvalue weighted by Crippen LogP contribution is 2.28. The molecule has 1 saturated heterocycles. The molecule has 2 N–H and O–H groups in total. The molecule has 1 amide bonds. The van der Waals surface area contributed by atoms with Gasteiger partial charge in [0, 0.05) is 25.2 Å². The summed E-state index contributed by atoms with van der Waals surface area (Å²) >= 11 is 0. The van der Waals surface area contributed by atoms with Crippen molar-refractivity contribution in [3.63, 3.8) is 0 Å². The molecule has 0 bridgehead atoms. The van der Waals surface area contributed by atoms with Gasteiger partial charge in [0.1, 0.15) is 0 Å². The predicted octanol–water partition coefficient (Wildman–Crippen LogP) is 2.57. The number of carbonyl (C=O) groups excluding carboxylic acids is 1. The standard InChI is InChI=1S/C18H33N3O.ClH/c1-14-2-6-17(7-3-14)20-18(22)13-21-10-8-16(9-11-21)19-12-15-4-5-15;/h14-17,19H,2-13H2,1H3,(H,20,22);1H. The number of hydrogen-bond donors (Lipinski definition) is 2. The number of piperidine rings is 1. The predicted molar refractivity (Wildman–Crippen MR) is 97.0 cm³/mol. The van der Waals surface area contributed by atoms with Crippen LogP contribution in [0.15, 0.2) is 0 Å². The van der Waals surface area contributed by atoms with Gasteiger partial charge >= 0.3 is 0 Å². The first kappa shape index (κ1) is 19.0. The molecule has 0 aromatic heterocycles. The van der Waals surface area contributed by atoms with Crippen LogP contribution in [0.5, 0.6) is 0 Å². The molecule has 0 unspecified atom stereocenters. The summed E-state index contributed by atoms with van der Waals surface area (Å²) in [5.41, 5.74) is 0. The van der Waals surface area contributed by atoms with Gasteiger partial charge in [-0.05, 0) is 69.7 Å². The molecule has 3 aliphatic rings. The van der Waals surface area contributed by atoms with E-state index in [4.69, 9.17) is 0 Å². The first-order valence-corrected chi connectivity index (χ1v) is 9.44. The molecule has 1 heterocycles. The first-order valence-electron chi connectivity index (χ1n) is 9.44. The van der Waals surface area contributed by atoms with E-state index in [0.29, 0.717) is 18.6 Å². The number of nitrogens with one attached hydrogen (secondary N) is 2. The van der Waals surface area contributed by atoms with Crippen LogP contribution < -0.4 is 10.6 Å². The Bertz CT molecular complexity index is 359. The van der Waals surface area contributed by atoms with Gasteiger partial charge in [-0.3, -0.25) is 9.69 Å². The van der Waals surface area contributed by atoms with Crippen molar-refractivity contribution in [1.29, 1.82) is 0 Å². The average molecular weight is 344 g/mol.